The Morgan fingerprint density at radius 3 is 2.42 bits per heavy atom. The van der Waals surface area contributed by atoms with Crippen molar-refractivity contribution in [1.29, 1.82) is 0 Å². The monoisotopic (exact) mass is 361 g/mol. The van der Waals surface area contributed by atoms with Crippen LogP contribution in [0.25, 0.3) is 11.1 Å². The standard InChI is InChI=1S/C21H20F2.V/c1-4-16(2)9-8-10-17-13-14-19(18-11-6-5-7-12-18)20(15-17)21(3,22)23;/h5-7,11-16H,4H2,1-3H3;. The fourth-order valence-electron chi connectivity index (χ4n) is 2.31. The molecule has 0 fully saturated rings. The van der Waals surface area contributed by atoms with Crippen molar-refractivity contribution in [3.63, 3.8) is 0 Å². The molecule has 0 heterocycles. The Balaban J connectivity index is 2.45. The maximum atomic E-state index is 14.1. The molecule has 0 aliphatic heterocycles. The fourth-order valence-corrected chi connectivity index (χ4v) is 2.68. The average molecular weight is 361 g/mol. The zero-order valence-corrected chi connectivity index (χ0v) is 15.5. The van der Waals surface area contributed by atoms with Gasteiger partial charge in [0.05, 0.1) is 0 Å². The van der Waals surface area contributed by atoms with Crippen molar-refractivity contribution in [3.05, 3.63) is 59.7 Å². The van der Waals surface area contributed by atoms with Crippen molar-refractivity contribution in [3.8, 4) is 23.0 Å². The van der Waals surface area contributed by atoms with Crippen LogP contribution in [-0.2, 0) is 22.9 Å². The molecule has 1 atom stereocenters. The van der Waals surface area contributed by atoms with Crippen LogP contribution in [0.4, 0.5) is 8.78 Å². The Bertz CT molecular complexity index is 777. The third-order valence-corrected chi connectivity index (χ3v) is 4.85. The average Bonchev–Trinajstić information content (AvgIpc) is 2.58. The van der Waals surface area contributed by atoms with Gasteiger partial charge in [0.25, 0.3) is 0 Å². The van der Waals surface area contributed by atoms with Crippen molar-refractivity contribution in [2.75, 3.05) is 0 Å². The number of hydrogen-bond acceptors (Lipinski definition) is 0. The van der Waals surface area contributed by atoms with Crippen molar-refractivity contribution >= 4 is 4.23 Å². The van der Waals surface area contributed by atoms with E-state index in [1.54, 1.807) is 6.07 Å². The molecular weight excluding hydrogens is 341 g/mol. The summed E-state index contributed by atoms with van der Waals surface area (Å²) >= 11 is 2.48. The predicted octanol–water partition coefficient (Wildman–Crippen LogP) is 5.58. The van der Waals surface area contributed by atoms with Gasteiger partial charge >= 0.3 is 152 Å². The molecule has 2 aromatic rings. The molecule has 0 aliphatic rings. The minimum absolute atomic E-state index is 0.0104. The van der Waals surface area contributed by atoms with Gasteiger partial charge in [-0.3, -0.25) is 0 Å². The van der Waals surface area contributed by atoms with Gasteiger partial charge in [0.2, 0.25) is 0 Å². The van der Waals surface area contributed by atoms with Crippen LogP contribution < -0.4 is 0 Å². The van der Waals surface area contributed by atoms with Gasteiger partial charge in [-0.1, -0.05) is 0 Å². The van der Waals surface area contributed by atoms with Crippen LogP contribution in [0.3, 0.4) is 0 Å². The van der Waals surface area contributed by atoms with Crippen LogP contribution in [0.2, 0.25) is 0 Å². The molecule has 0 saturated carbocycles. The molecule has 0 bridgehead atoms. The van der Waals surface area contributed by atoms with E-state index in [9.17, 15) is 8.78 Å². The Morgan fingerprint density at radius 1 is 1.17 bits per heavy atom. The summed E-state index contributed by atoms with van der Waals surface area (Å²) in [5.41, 5.74) is 1.95. The quantitative estimate of drug-likeness (QED) is 0.624. The molecule has 0 aromatic heterocycles. The Labute approximate surface area is 151 Å². The van der Waals surface area contributed by atoms with Crippen LogP contribution in [0.5, 0.6) is 0 Å². The Morgan fingerprint density at radius 2 is 1.83 bits per heavy atom. The zero-order chi connectivity index (χ0) is 17.7. The summed E-state index contributed by atoms with van der Waals surface area (Å²) in [5.74, 6) is 3.56. The Kier molecular flexibility index (Phi) is 6.16. The molecule has 123 valence electrons. The molecule has 2 aromatic carbocycles. The first-order valence-corrected chi connectivity index (χ1v) is 8.68. The fraction of sp³-hybridized carbons (Fsp3) is 0.286. The molecule has 0 aliphatic carbocycles. The summed E-state index contributed by atoms with van der Waals surface area (Å²) in [7, 11) is 0. The van der Waals surface area contributed by atoms with Gasteiger partial charge in [0.15, 0.2) is 0 Å². The van der Waals surface area contributed by atoms with E-state index in [0.29, 0.717) is 17.0 Å². The molecule has 0 amide bonds. The van der Waals surface area contributed by atoms with Crippen LogP contribution >= 0.6 is 0 Å². The van der Waals surface area contributed by atoms with Crippen molar-refractivity contribution in [2.24, 2.45) is 5.92 Å². The van der Waals surface area contributed by atoms with Crippen LogP contribution in [0.1, 0.15) is 38.3 Å². The van der Waals surface area contributed by atoms with Crippen molar-refractivity contribution < 1.29 is 25.8 Å². The van der Waals surface area contributed by atoms with Gasteiger partial charge in [-0.2, -0.15) is 0 Å². The van der Waals surface area contributed by atoms with Gasteiger partial charge in [-0.15, -0.1) is 0 Å². The summed E-state index contributed by atoms with van der Waals surface area (Å²) < 4.78 is 29.2. The molecule has 3 heteroatoms. The molecule has 24 heavy (non-hydrogen) atoms. The summed E-state index contributed by atoms with van der Waals surface area (Å²) in [6.07, 6.45) is 1.00. The second-order valence-corrected chi connectivity index (χ2v) is 6.71. The van der Waals surface area contributed by atoms with E-state index in [-0.39, 0.29) is 5.56 Å². The first-order valence-electron chi connectivity index (χ1n) is 7.98. The summed E-state index contributed by atoms with van der Waals surface area (Å²) in [5, 5.41) is 0. The van der Waals surface area contributed by atoms with E-state index in [1.807, 2.05) is 36.4 Å². The molecule has 0 N–H and O–H groups in total. The number of alkyl halides is 2. The predicted molar refractivity (Wildman–Crippen MR) is 92.8 cm³/mol. The number of benzene rings is 2. The number of rotatable bonds is 4. The van der Waals surface area contributed by atoms with E-state index in [2.05, 4.69) is 42.7 Å². The number of halogens is 2. The molecule has 0 saturated heterocycles. The third kappa shape index (κ3) is 4.66. The number of hydrogen-bond donors (Lipinski definition) is 0. The summed E-state index contributed by atoms with van der Waals surface area (Å²) in [6, 6.07) is 14.3. The first-order chi connectivity index (χ1) is 11.3. The van der Waals surface area contributed by atoms with E-state index in [1.165, 1.54) is 6.07 Å². The summed E-state index contributed by atoms with van der Waals surface area (Å²) in [6.45, 7) is 5.13. The Hall–Kier alpha value is -1.69. The molecule has 0 spiro atoms. The van der Waals surface area contributed by atoms with Gasteiger partial charge in [-0.25, -0.2) is 0 Å². The van der Waals surface area contributed by atoms with Gasteiger partial charge in [-0.05, 0) is 0 Å². The molecule has 0 nitrogen and oxygen atoms in total. The maximum absolute atomic E-state index is 14.1. The van der Waals surface area contributed by atoms with E-state index < -0.39 is 5.92 Å². The molecule has 2 rings (SSSR count). The second kappa shape index (κ2) is 7.93. The van der Waals surface area contributed by atoms with E-state index in [0.717, 1.165) is 23.1 Å². The normalized spacial score (nSPS) is 12.2. The van der Waals surface area contributed by atoms with Crippen LogP contribution in [-0.4, -0.2) is 4.23 Å². The second-order valence-electron chi connectivity index (χ2n) is 5.96. The topological polar surface area (TPSA) is 0 Å². The molecule has 0 radical (unpaired) electrons. The van der Waals surface area contributed by atoms with E-state index in [4.69, 9.17) is 0 Å². The summed E-state index contributed by atoms with van der Waals surface area (Å²) in [4.78, 5) is 0. The van der Waals surface area contributed by atoms with Gasteiger partial charge in [0, 0.05) is 0 Å². The van der Waals surface area contributed by atoms with Gasteiger partial charge in [0.1, 0.15) is 0 Å². The SMILES string of the molecule is CCC(C)[C](=[V])C#Cc1ccc(-c2ccccc2)c(C(C)(F)F)c1. The molecule has 1 unspecified atom stereocenters. The van der Waals surface area contributed by atoms with Crippen molar-refractivity contribution in [1.82, 2.24) is 0 Å². The minimum atomic E-state index is -2.92. The van der Waals surface area contributed by atoms with Gasteiger partial charge < -0.3 is 0 Å². The molecular formula is C21H20F2V. The van der Waals surface area contributed by atoms with E-state index >= 15 is 0 Å². The van der Waals surface area contributed by atoms with Crippen molar-refractivity contribution in [2.45, 2.75) is 33.1 Å². The van der Waals surface area contributed by atoms with Crippen LogP contribution in [0.15, 0.2) is 48.5 Å². The third-order valence-electron chi connectivity index (χ3n) is 3.99. The zero-order valence-electron chi connectivity index (χ0n) is 14.1. The van der Waals surface area contributed by atoms with Crippen LogP contribution in [0, 0.1) is 17.8 Å². The first kappa shape index (κ1) is 18.7.